The lowest BCUT2D eigenvalue weighted by molar-refractivity contribution is -0.141. The van der Waals surface area contributed by atoms with E-state index in [1.165, 1.54) is 11.0 Å². The molecule has 0 radical (unpaired) electrons. The van der Waals surface area contributed by atoms with E-state index < -0.39 is 0 Å². The second-order valence-corrected chi connectivity index (χ2v) is 8.74. The summed E-state index contributed by atoms with van der Waals surface area (Å²) in [4.78, 5) is 43.5. The quantitative estimate of drug-likeness (QED) is 0.562. The van der Waals surface area contributed by atoms with Gasteiger partial charge in [-0.1, -0.05) is 24.3 Å². The molecule has 2 aliphatic heterocycles. The first-order valence-electron chi connectivity index (χ1n) is 10.9. The molecule has 3 amide bonds. The van der Waals surface area contributed by atoms with E-state index in [9.17, 15) is 18.8 Å². The number of carbonyl (C=O) groups excluding carboxylic acids is 3. The maximum Gasteiger partial charge on any atom is 0.233 e. The molecule has 0 aromatic heterocycles. The van der Waals surface area contributed by atoms with E-state index in [1.54, 1.807) is 23.1 Å². The summed E-state index contributed by atoms with van der Waals surface area (Å²) in [7, 11) is 0. The maximum absolute atomic E-state index is 14.0. The average Bonchev–Trinajstić information content (AvgIpc) is 3.05. The number of amides is 3. The standard InChI is InChI=1S/C23H26FN3O3/c24-17-3-1-2-4-18(17)25-11-13-26(14-12-25)19(28)9-10-27-22(29)20-15-5-6-16(8-7-15)21(20)23(27)30/h1-6,15-16,20-21H,7-14H2. The fourth-order valence-electron chi connectivity index (χ4n) is 5.63. The van der Waals surface area contributed by atoms with Crippen molar-refractivity contribution in [3.63, 3.8) is 0 Å². The van der Waals surface area contributed by atoms with Gasteiger partial charge in [0.1, 0.15) is 5.82 Å². The van der Waals surface area contributed by atoms with Gasteiger partial charge in [0.05, 0.1) is 17.5 Å². The van der Waals surface area contributed by atoms with Crippen LogP contribution in [0.3, 0.4) is 0 Å². The number of carbonyl (C=O) groups is 3. The van der Waals surface area contributed by atoms with Crippen LogP contribution < -0.4 is 4.90 Å². The molecular formula is C23H26FN3O3. The molecule has 30 heavy (non-hydrogen) atoms. The predicted octanol–water partition coefficient (Wildman–Crippen LogP) is 2.06. The highest BCUT2D eigenvalue weighted by molar-refractivity contribution is 6.06. The Morgan fingerprint density at radius 2 is 1.53 bits per heavy atom. The van der Waals surface area contributed by atoms with Crippen LogP contribution in [-0.2, 0) is 14.4 Å². The molecule has 2 bridgehead atoms. The Labute approximate surface area is 175 Å². The van der Waals surface area contributed by atoms with Crippen LogP contribution in [0.4, 0.5) is 10.1 Å². The molecule has 7 heteroatoms. The number of hydrogen-bond donors (Lipinski definition) is 0. The van der Waals surface area contributed by atoms with E-state index in [0.29, 0.717) is 31.9 Å². The van der Waals surface area contributed by atoms with Crippen molar-refractivity contribution in [2.45, 2.75) is 19.3 Å². The Hall–Kier alpha value is -2.70. The summed E-state index contributed by atoms with van der Waals surface area (Å²) < 4.78 is 14.0. The van der Waals surface area contributed by atoms with Crippen LogP contribution in [0, 0.1) is 29.5 Å². The van der Waals surface area contributed by atoms with Gasteiger partial charge >= 0.3 is 0 Å². The number of nitrogens with zero attached hydrogens (tertiary/aromatic N) is 3. The highest BCUT2D eigenvalue weighted by Gasteiger charge is 2.56. The minimum Gasteiger partial charge on any atom is -0.366 e. The van der Waals surface area contributed by atoms with Gasteiger partial charge in [0.25, 0.3) is 0 Å². The summed E-state index contributed by atoms with van der Waals surface area (Å²) in [6.07, 6.45) is 6.30. The van der Waals surface area contributed by atoms with Crippen LogP contribution in [0.25, 0.3) is 0 Å². The number of likely N-dealkylation sites (tertiary alicyclic amines) is 1. The van der Waals surface area contributed by atoms with E-state index in [0.717, 1.165) is 12.8 Å². The zero-order chi connectivity index (χ0) is 20.8. The molecule has 5 aliphatic rings. The first-order valence-corrected chi connectivity index (χ1v) is 10.9. The number of anilines is 1. The Bertz CT molecular complexity index is 877. The minimum absolute atomic E-state index is 0.0558. The molecule has 4 atom stereocenters. The first kappa shape index (κ1) is 19.3. The number of piperazine rings is 1. The monoisotopic (exact) mass is 411 g/mol. The fraction of sp³-hybridized carbons (Fsp3) is 0.522. The maximum atomic E-state index is 14.0. The molecule has 158 valence electrons. The van der Waals surface area contributed by atoms with Gasteiger partial charge in [-0.3, -0.25) is 19.3 Å². The molecule has 0 spiro atoms. The Kier molecular flexibility index (Phi) is 4.83. The van der Waals surface area contributed by atoms with Crippen LogP contribution in [0.15, 0.2) is 36.4 Å². The molecule has 4 unspecified atom stereocenters. The van der Waals surface area contributed by atoms with Gasteiger partial charge in [0.2, 0.25) is 17.7 Å². The molecule has 0 N–H and O–H groups in total. The number of benzene rings is 1. The third kappa shape index (κ3) is 3.11. The number of para-hydroxylation sites is 1. The smallest absolute Gasteiger partial charge is 0.233 e. The van der Waals surface area contributed by atoms with Crippen molar-refractivity contribution in [1.82, 2.24) is 9.80 Å². The van der Waals surface area contributed by atoms with Gasteiger partial charge in [-0.15, -0.1) is 0 Å². The highest BCUT2D eigenvalue weighted by Crippen LogP contribution is 2.49. The van der Waals surface area contributed by atoms with E-state index in [1.807, 2.05) is 4.90 Å². The number of allylic oxidation sites excluding steroid dienone is 2. The normalized spacial score (nSPS) is 30.2. The van der Waals surface area contributed by atoms with Crippen LogP contribution in [0.2, 0.25) is 0 Å². The molecule has 3 aliphatic carbocycles. The average molecular weight is 411 g/mol. The second-order valence-electron chi connectivity index (χ2n) is 8.74. The summed E-state index contributed by atoms with van der Waals surface area (Å²) in [5.41, 5.74) is 0.559. The van der Waals surface area contributed by atoms with Crippen molar-refractivity contribution in [2.24, 2.45) is 23.7 Å². The highest BCUT2D eigenvalue weighted by atomic mass is 19.1. The molecule has 1 aromatic carbocycles. The van der Waals surface area contributed by atoms with E-state index >= 15 is 0 Å². The van der Waals surface area contributed by atoms with Crippen molar-refractivity contribution < 1.29 is 18.8 Å². The van der Waals surface area contributed by atoms with E-state index in [-0.39, 0.29) is 60.2 Å². The van der Waals surface area contributed by atoms with Gasteiger partial charge in [-0.25, -0.2) is 4.39 Å². The van der Waals surface area contributed by atoms with E-state index in [2.05, 4.69) is 12.2 Å². The van der Waals surface area contributed by atoms with Crippen LogP contribution in [-0.4, -0.2) is 60.2 Å². The van der Waals surface area contributed by atoms with Crippen molar-refractivity contribution in [3.8, 4) is 0 Å². The summed E-state index contributed by atoms with van der Waals surface area (Å²) in [6.45, 7) is 2.31. The molecular weight excluding hydrogens is 385 g/mol. The first-order chi connectivity index (χ1) is 14.5. The zero-order valence-electron chi connectivity index (χ0n) is 16.9. The molecule has 6 nitrogen and oxygen atoms in total. The summed E-state index contributed by atoms with van der Waals surface area (Å²) >= 11 is 0. The van der Waals surface area contributed by atoms with Crippen molar-refractivity contribution in [3.05, 3.63) is 42.2 Å². The van der Waals surface area contributed by atoms with Gasteiger partial charge in [0.15, 0.2) is 0 Å². The topological polar surface area (TPSA) is 60.9 Å². The number of rotatable bonds is 4. The van der Waals surface area contributed by atoms with Gasteiger partial charge < -0.3 is 9.80 Å². The second kappa shape index (κ2) is 7.52. The number of imide groups is 1. The molecule has 2 saturated heterocycles. The van der Waals surface area contributed by atoms with Gasteiger partial charge in [-0.05, 0) is 36.8 Å². The molecule has 1 aromatic rings. The van der Waals surface area contributed by atoms with Crippen LogP contribution in [0.5, 0.6) is 0 Å². The van der Waals surface area contributed by atoms with Crippen LogP contribution >= 0.6 is 0 Å². The lowest BCUT2D eigenvalue weighted by Gasteiger charge is -2.38. The molecule has 2 heterocycles. The third-order valence-corrected chi connectivity index (χ3v) is 7.23. The van der Waals surface area contributed by atoms with Crippen molar-refractivity contribution in [2.75, 3.05) is 37.6 Å². The van der Waals surface area contributed by atoms with Gasteiger partial charge in [-0.2, -0.15) is 0 Å². The summed E-state index contributed by atoms with van der Waals surface area (Å²) in [5.74, 6) is -0.607. The number of hydrogen-bond acceptors (Lipinski definition) is 4. The minimum atomic E-state index is -0.256. The van der Waals surface area contributed by atoms with Crippen LogP contribution in [0.1, 0.15) is 19.3 Å². The number of halogens is 1. The van der Waals surface area contributed by atoms with Crippen molar-refractivity contribution in [1.29, 1.82) is 0 Å². The summed E-state index contributed by atoms with van der Waals surface area (Å²) in [5, 5.41) is 0. The third-order valence-electron chi connectivity index (χ3n) is 7.23. The van der Waals surface area contributed by atoms with E-state index in [4.69, 9.17) is 0 Å². The Morgan fingerprint density at radius 1 is 0.933 bits per heavy atom. The SMILES string of the molecule is O=C(CCN1C(=O)C2C3C=CC(CC3)C2C1=O)N1CCN(c2ccccc2F)CC1. The van der Waals surface area contributed by atoms with Gasteiger partial charge in [0, 0.05) is 39.1 Å². The fourth-order valence-corrected chi connectivity index (χ4v) is 5.63. The molecule has 3 fully saturated rings. The largest absolute Gasteiger partial charge is 0.366 e. The lowest BCUT2D eigenvalue weighted by Crippen LogP contribution is -2.49. The Morgan fingerprint density at radius 3 is 2.10 bits per heavy atom. The summed E-state index contributed by atoms with van der Waals surface area (Å²) in [6, 6.07) is 6.66. The zero-order valence-corrected chi connectivity index (χ0v) is 16.9. The predicted molar refractivity (Wildman–Crippen MR) is 109 cm³/mol. The lowest BCUT2D eigenvalue weighted by atomic mass is 9.63. The number of fused-ring (bicyclic) bond motifs is 1. The Balaban J connectivity index is 1.16. The molecule has 6 rings (SSSR count). The van der Waals surface area contributed by atoms with Crippen molar-refractivity contribution >= 4 is 23.4 Å². The molecule has 1 saturated carbocycles.